The van der Waals surface area contributed by atoms with Gasteiger partial charge in [0.25, 0.3) is 0 Å². The second-order valence-electron chi connectivity index (χ2n) is 5.22. The zero-order chi connectivity index (χ0) is 16.3. The predicted octanol–water partition coefficient (Wildman–Crippen LogP) is 1.51. The first-order valence-corrected chi connectivity index (χ1v) is 8.12. The fourth-order valence-electron chi connectivity index (χ4n) is 2.01. The van der Waals surface area contributed by atoms with Gasteiger partial charge < -0.3 is 15.2 Å². The summed E-state index contributed by atoms with van der Waals surface area (Å²) in [6.45, 7) is 3.77. The fraction of sp³-hybridized carbons (Fsp3) is 0.538. The van der Waals surface area contributed by atoms with E-state index in [0.717, 1.165) is 0 Å². The van der Waals surface area contributed by atoms with E-state index in [-0.39, 0.29) is 28.8 Å². The minimum Gasteiger partial charge on any atom is -0.495 e. The van der Waals surface area contributed by atoms with Crippen molar-refractivity contribution in [1.29, 1.82) is 0 Å². The van der Waals surface area contributed by atoms with Crippen molar-refractivity contribution < 1.29 is 17.9 Å². The van der Waals surface area contributed by atoms with Gasteiger partial charge in [0.05, 0.1) is 19.3 Å². The molecule has 0 amide bonds. The van der Waals surface area contributed by atoms with Crippen LogP contribution >= 0.6 is 11.6 Å². The van der Waals surface area contributed by atoms with Gasteiger partial charge >= 0.3 is 0 Å². The molecule has 1 rings (SSSR count). The second kappa shape index (κ2) is 6.93. The molecule has 1 aromatic rings. The van der Waals surface area contributed by atoms with Gasteiger partial charge in [-0.15, -0.1) is 0 Å². The molecule has 0 saturated heterocycles. The third-order valence-corrected chi connectivity index (χ3v) is 4.65. The molecule has 1 aromatic carbocycles. The molecule has 0 fully saturated rings. The monoisotopic (exact) mass is 336 g/mol. The Labute approximate surface area is 130 Å². The normalized spacial score (nSPS) is 12.5. The van der Waals surface area contributed by atoms with Crippen molar-refractivity contribution in [3.05, 3.63) is 22.7 Å². The van der Waals surface area contributed by atoms with E-state index < -0.39 is 15.6 Å². The van der Waals surface area contributed by atoms with Crippen molar-refractivity contribution in [1.82, 2.24) is 4.72 Å². The number of sulfonamides is 1. The first-order valence-electron chi connectivity index (χ1n) is 6.26. The van der Waals surface area contributed by atoms with Crippen LogP contribution in [-0.4, -0.2) is 34.8 Å². The lowest BCUT2D eigenvalue weighted by Crippen LogP contribution is -2.46. The number of rotatable bonds is 7. The average Bonchev–Trinajstić information content (AvgIpc) is 2.36. The molecule has 0 aromatic heterocycles. The molecule has 21 heavy (non-hydrogen) atoms. The Morgan fingerprint density at radius 2 is 1.95 bits per heavy atom. The Morgan fingerprint density at radius 3 is 2.43 bits per heavy atom. The minimum absolute atomic E-state index is 0.0397. The van der Waals surface area contributed by atoms with E-state index in [2.05, 4.69) is 4.72 Å². The van der Waals surface area contributed by atoms with Crippen molar-refractivity contribution in [2.75, 3.05) is 20.8 Å². The molecule has 0 spiro atoms. The van der Waals surface area contributed by atoms with E-state index in [9.17, 15) is 8.42 Å². The van der Waals surface area contributed by atoms with E-state index in [4.69, 9.17) is 26.8 Å². The Balaban J connectivity index is 3.34. The summed E-state index contributed by atoms with van der Waals surface area (Å²) in [4.78, 5) is -0.0397. The van der Waals surface area contributed by atoms with Gasteiger partial charge in [-0.1, -0.05) is 11.6 Å². The zero-order valence-electron chi connectivity index (χ0n) is 12.6. The molecule has 0 bridgehead atoms. The lowest BCUT2D eigenvalue weighted by molar-refractivity contribution is 0.141. The van der Waals surface area contributed by atoms with Gasteiger partial charge in [-0.25, -0.2) is 13.1 Å². The van der Waals surface area contributed by atoms with Gasteiger partial charge in [-0.05, 0) is 26.0 Å². The van der Waals surface area contributed by atoms with E-state index >= 15 is 0 Å². The number of benzene rings is 1. The molecule has 120 valence electrons. The summed E-state index contributed by atoms with van der Waals surface area (Å²) >= 11 is 5.97. The predicted molar refractivity (Wildman–Crippen MR) is 82.2 cm³/mol. The molecule has 3 N–H and O–H groups in total. The number of nitrogens with one attached hydrogen (secondary N) is 1. The summed E-state index contributed by atoms with van der Waals surface area (Å²) in [5.41, 5.74) is 5.36. The van der Waals surface area contributed by atoms with Gasteiger partial charge in [0.2, 0.25) is 10.0 Å². The molecule has 0 heterocycles. The van der Waals surface area contributed by atoms with E-state index in [0.29, 0.717) is 5.56 Å². The summed E-state index contributed by atoms with van der Waals surface area (Å²) < 4.78 is 37.9. The van der Waals surface area contributed by atoms with Crippen molar-refractivity contribution >= 4 is 21.6 Å². The van der Waals surface area contributed by atoms with Crippen LogP contribution in [0.5, 0.6) is 5.75 Å². The maximum Gasteiger partial charge on any atom is 0.244 e. The van der Waals surface area contributed by atoms with Crippen LogP contribution in [0, 0.1) is 0 Å². The van der Waals surface area contributed by atoms with Crippen LogP contribution in [0.2, 0.25) is 5.02 Å². The Kier molecular flexibility index (Phi) is 6.01. The number of ether oxygens (including phenoxy) is 2. The first-order chi connectivity index (χ1) is 9.66. The highest BCUT2D eigenvalue weighted by atomic mass is 35.5. The third kappa shape index (κ3) is 4.55. The van der Waals surface area contributed by atoms with Crippen LogP contribution in [0.15, 0.2) is 17.0 Å². The topological polar surface area (TPSA) is 90.7 Å². The molecule has 0 radical (unpaired) electrons. The summed E-state index contributed by atoms with van der Waals surface area (Å²) in [6.07, 6.45) is 0. The van der Waals surface area contributed by atoms with Crippen LogP contribution in [0.25, 0.3) is 0 Å². The lowest BCUT2D eigenvalue weighted by atomic mass is 10.1. The minimum atomic E-state index is -3.83. The van der Waals surface area contributed by atoms with Gasteiger partial charge in [0, 0.05) is 24.2 Å². The standard InChI is InChI=1S/C13H21ClN2O4S/c1-13(2,8-19-3)16-21(17,18)11-6-10(14)5-9(7-15)12(11)20-4/h5-6,16H,7-8,15H2,1-4H3. The highest BCUT2D eigenvalue weighted by molar-refractivity contribution is 7.89. The number of methoxy groups -OCH3 is 2. The quantitative estimate of drug-likeness (QED) is 0.787. The van der Waals surface area contributed by atoms with Gasteiger partial charge in [-0.2, -0.15) is 0 Å². The molecule has 0 aliphatic rings. The number of hydrogen-bond acceptors (Lipinski definition) is 5. The molecule has 0 atom stereocenters. The van der Waals surface area contributed by atoms with E-state index in [1.165, 1.54) is 20.3 Å². The molecule has 0 unspecified atom stereocenters. The molecular weight excluding hydrogens is 316 g/mol. The highest BCUT2D eigenvalue weighted by Crippen LogP contribution is 2.32. The SMILES string of the molecule is COCC(C)(C)NS(=O)(=O)c1cc(Cl)cc(CN)c1OC. The second-order valence-corrected chi connectivity index (χ2v) is 7.31. The van der Waals surface area contributed by atoms with Crippen LogP contribution in [-0.2, 0) is 21.3 Å². The maximum atomic E-state index is 12.6. The molecule has 8 heteroatoms. The van der Waals surface area contributed by atoms with Crippen LogP contribution in [0.1, 0.15) is 19.4 Å². The van der Waals surface area contributed by atoms with Crippen molar-refractivity contribution in [2.24, 2.45) is 5.73 Å². The maximum absolute atomic E-state index is 12.6. The molecule has 0 aliphatic heterocycles. The first kappa shape index (κ1) is 18.2. The van der Waals surface area contributed by atoms with Crippen molar-refractivity contribution in [2.45, 2.75) is 30.8 Å². The van der Waals surface area contributed by atoms with Crippen LogP contribution in [0.3, 0.4) is 0 Å². The van der Waals surface area contributed by atoms with Crippen LogP contribution in [0.4, 0.5) is 0 Å². The van der Waals surface area contributed by atoms with E-state index in [1.54, 1.807) is 19.9 Å². The Hall–Kier alpha value is -0.860. The van der Waals surface area contributed by atoms with Gasteiger partial charge in [0.1, 0.15) is 10.6 Å². The van der Waals surface area contributed by atoms with E-state index in [1.807, 2.05) is 0 Å². The van der Waals surface area contributed by atoms with Crippen molar-refractivity contribution in [3.8, 4) is 5.75 Å². The smallest absolute Gasteiger partial charge is 0.244 e. The number of nitrogens with two attached hydrogens (primary N) is 1. The number of hydrogen-bond donors (Lipinski definition) is 2. The summed E-state index contributed by atoms with van der Waals surface area (Å²) in [5, 5.41) is 0.279. The highest BCUT2D eigenvalue weighted by Gasteiger charge is 2.29. The summed E-state index contributed by atoms with van der Waals surface area (Å²) in [7, 11) is -0.940. The molecule has 0 saturated carbocycles. The number of halogens is 1. The fourth-order valence-corrected chi connectivity index (χ4v) is 3.96. The largest absolute Gasteiger partial charge is 0.495 e. The zero-order valence-corrected chi connectivity index (χ0v) is 14.1. The van der Waals surface area contributed by atoms with Crippen LogP contribution < -0.4 is 15.2 Å². The van der Waals surface area contributed by atoms with Gasteiger partial charge in [-0.3, -0.25) is 0 Å². The molecular formula is C13H21ClN2O4S. The van der Waals surface area contributed by atoms with Gasteiger partial charge in [0.15, 0.2) is 0 Å². The summed E-state index contributed by atoms with van der Waals surface area (Å²) in [5.74, 6) is 0.197. The third-order valence-electron chi connectivity index (χ3n) is 2.73. The Bertz CT molecular complexity index is 602. The lowest BCUT2D eigenvalue weighted by Gasteiger charge is -2.25. The van der Waals surface area contributed by atoms with Crippen molar-refractivity contribution in [3.63, 3.8) is 0 Å². The Morgan fingerprint density at radius 1 is 1.33 bits per heavy atom. The summed E-state index contributed by atoms with van der Waals surface area (Å²) in [6, 6.07) is 2.92. The molecule has 0 aliphatic carbocycles. The average molecular weight is 337 g/mol. The molecule has 6 nitrogen and oxygen atoms in total.